The molecule has 0 saturated heterocycles. The van der Waals surface area contributed by atoms with E-state index in [2.05, 4.69) is 40.2 Å². The van der Waals surface area contributed by atoms with Crippen molar-refractivity contribution in [3.05, 3.63) is 59.2 Å². The van der Waals surface area contributed by atoms with Gasteiger partial charge in [-0.05, 0) is 42.3 Å². The van der Waals surface area contributed by atoms with Crippen LogP contribution in [-0.2, 0) is 29.0 Å². The Morgan fingerprint density at radius 3 is 2.65 bits per heavy atom. The summed E-state index contributed by atoms with van der Waals surface area (Å²) in [5.41, 5.74) is 5.27. The Bertz CT molecular complexity index is 734. The fraction of sp³-hybridized carbons (Fsp3) is 0.350. The third-order valence-electron chi connectivity index (χ3n) is 4.33. The van der Waals surface area contributed by atoms with E-state index in [9.17, 15) is 4.79 Å². The van der Waals surface area contributed by atoms with Crippen LogP contribution in [0, 0.1) is 0 Å². The zero-order chi connectivity index (χ0) is 17.6. The fourth-order valence-corrected chi connectivity index (χ4v) is 3.09. The van der Waals surface area contributed by atoms with E-state index in [0.29, 0.717) is 5.75 Å². The Morgan fingerprint density at radius 2 is 1.92 bits per heavy atom. The van der Waals surface area contributed by atoms with E-state index < -0.39 is 0 Å². The first-order valence-corrected chi connectivity index (χ1v) is 8.47. The number of carbonyl (C=O) groups excluding carboxylic acids is 1. The van der Waals surface area contributed by atoms with Crippen molar-refractivity contribution in [3.63, 3.8) is 0 Å². The van der Waals surface area contributed by atoms with Crippen LogP contribution < -0.4 is 10.1 Å². The molecule has 1 heterocycles. The molecule has 0 unspecified atom stereocenters. The maximum atomic E-state index is 11.1. The van der Waals surface area contributed by atoms with Gasteiger partial charge >= 0.3 is 5.97 Å². The molecule has 0 spiro atoms. The number of fused-ring (bicyclic) bond motifs is 1. The molecule has 1 N–H and O–H groups in total. The average Bonchev–Trinajstić information content (AvgIpc) is 3.10. The molecule has 0 fully saturated rings. The second-order valence-corrected chi connectivity index (χ2v) is 6.31. The largest absolute Gasteiger partial charge is 0.482 e. The number of methoxy groups -OCH3 is 1. The third kappa shape index (κ3) is 5.13. The molecule has 0 amide bonds. The van der Waals surface area contributed by atoms with Crippen LogP contribution in [0.5, 0.6) is 5.75 Å². The van der Waals surface area contributed by atoms with Crippen LogP contribution in [0.1, 0.15) is 16.7 Å². The van der Waals surface area contributed by atoms with Gasteiger partial charge in [0, 0.05) is 25.3 Å². The minimum absolute atomic E-state index is 0. The van der Waals surface area contributed by atoms with Gasteiger partial charge in [0.05, 0.1) is 7.11 Å². The highest BCUT2D eigenvalue weighted by molar-refractivity contribution is 5.85. The molecule has 5 nitrogen and oxygen atoms in total. The van der Waals surface area contributed by atoms with Gasteiger partial charge in [0.1, 0.15) is 5.75 Å². The summed E-state index contributed by atoms with van der Waals surface area (Å²) in [6, 6.07) is 14.3. The van der Waals surface area contributed by atoms with E-state index in [1.54, 1.807) is 0 Å². The second-order valence-electron chi connectivity index (χ2n) is 6.31. The Hall–Kier alpha value is -2.24. The number of hydrogen-bond acceptors (Lipinski definition) is 5. The summed E-state index contributed by atoms with van der Waals surface area (Å²) in [6.07, 6.45) is 1.11. The van der Waals surface area contributed by atoms with E-state index >= 15 is 0 Å². The van der Waals surface area contributed by atoms with E-state index in [4.69, 9.17) is 4.74 Å². The molecule has 0 saturated carbocycles. The lowest BCUT2D eigenvalue weighted by molar-refractivity contribution is -0.142. The van der Waals surface area contributed by atoms with Crippen LogP contribution in [0.3, 0.4) is 0 Å². The number of hydrogen-bond donors (Lipinski definition) is 1. The van der Waals surface area contributed by atoms with Gasteiger partial charge in [-0.3, -0.25) is 4.90 Å². The lowest BCUT2D eigenvalue weighted by Gasteiger charge is -2.19. The monoisotopic (exact) mass is 376 g/mol. The SMILES string of the molecule is COC(=O)COc1ccc(CN(C)Cc2cccc3c2NCC3)cc1.Cl. The molecule has 0 bridgehead atoms. The number of nitrogens with zero attached hydrogens (tertiary/aromatic N) is 1. The van der Waals surface area contributed by atoms with Crippen LogP contribution in [-0.4, -0.2) is 38.2 Å². The molecule has 0 radical (unpaired) electrons. The minimum Gasteiger partial charge on any atom is -0.482 e. The van der Waals surface area contributed by atoms with Crippen molar-refractivity contribution < 1.29 is 14.3 Å². The first-order valence-electron chi connectivity index (χ1n) is 8.47. The number of carbonyl (C=O) groups is 1. The highest BCUT2D eigenvalue weighted by Crippen LogP contribution is 2.27. The Kier molecular flexibility index (Phi) is 7.30. The maximum absolute atomic E-state index is 11.1. The molecule has 140 valence electrons. The Balaban J connectivity index is 0.00000243. The maximum Gasteiger partial charge on any atom is 0.343 e. The van der Waals surface area contributed by atoms with E-state index in [1.807, 2.05) is 24.3 Å². The predicted molar refractivity (Wildman–Crippen MR) is 105 cm³/mol. The van der Waals surface area contributed by atoms with Gasteiger partial charge in [-0.15, -0.1) is 12.4 Å². The first kappa shape index (κ1) is 20.1. The number of para-hydroxylation sites is 1. The second kappa shape index (κ2) is 9.46. The van der Waals surface area contributed by atoms with Crippen LogP contribution in [0.4, 0.5) is 5.69 Å². The summed E-state index contributed by atoms with van der Waals surface area (Å²) in [4.78, 5) is 13.4. The standard InChI is InChI=1S/C20H24N2O3.ClH/c1-22(13-17-5-3-4-16-10-11-21-20(16)17)12-15-6-8-18(9-7-15)25-14-19(23)24-2;/h3-9,21H,10-14H2,1-2H3;1H. The number of halogens is 1. The lowest BCUT2D eigenvalue weighted by Crippen LogP contribution is -2.18. The van der Waals surface area contributed by atoms with E-state index in [-0.39, 0.29) is 25.0 Å². The summed E-state index contributed by atoms with van der Waals surface area (Å²) in [5, 5.41) is 3.49. The number of esters is 1. The van der Waals surface area contributed by atoms with Crippen molar-refractivity contribution >= 4 is 24.1 Å². The quantitative estimate of drug-likeness (QED) is 0.752. The number of ether oxygens (including phenoxy) is 2. The van der Waals surface area contributed by atoms with Gasteiger partial charge in [0.25, 0.3) is 0 Å². The predicted octanol–water partition coefficient (Wildman–Crippen LogP) is 3.26. The molecule has 0 aromatic heterocycles. The molecule has 0 atom stereocenters. The fourth-order valence-electron chi connectivity index (χ4n) is 3.09. The molecule has 3 rings (SSSR count). The topological polar surface area (TPSA) is 50.8 Å². The summed E-state index contributed by atoms with van der Waals surface area (Å²) in [6.45, 7) is 2.71. The molecule has 1 aliphatic rings. The summed E-state index contributed by atoms with van der Waals surface area (Å²) < 4.78 is 9.93. The van der Waals surface area contributed by atoms with Gasteiger partial charge in [0.15, 0.2) is 6.61 Å². The van der Waals surface area contributed by atoms with Gasteiger partial charge in [-0.1, -0.05) is 30.3 Å². The number of rotatable bonds is 7. The highest BCUT2D eigenvalue weighted by Gasteiger charge is 2.14. The summed E-state index contributed by atoms with van der Waals surface area (Å²) in [5.74, 6) is 0.287. The third-order valence-corrected chi connectivity index (χ3v) is 4.33. The lowest BCUT2D eigenvalue weighted by atomic mass is 10.1. The summed E-state index contributed by atoms with van der Waals surface area (Å²) >= 11 is 0. The molecule has 6 heteroatoms. The average molecular weight is 377 g/mol. The molecule has 2 aromatic carbocycles. The van der Waals surface area contributed by atoms with Gasteiger partial charge < -0.3 is 14.8 Å². The Morgan fingerprint density at radius 1 is 1.15 bits per heavy atom. The number of benzene rings is 2. The molecule has 26 heavy (non-hydrogen) atoms. The van der Waals surface area contributed by atoms with Crippen LogP contribution >= 0.6 is 12.4 Å². The van der Waals surface area contributed by atoms with E-state index in [0.717, 1.165) is 26.1 Å². The van der Waals surface area contributed by atoms with Crippen molar-refractivity contribution in [2.75, 3.05) is 32.6 Å². The number of anilines is 1. The van der Waals surface area contributed by atoms with Crippen molar-refractivity contribution in [2.24, 2.45) is 0 Å². The van der Waals surface area contributed by atoms with Gasteiger partial charge in [-0.2, -0.15) is 0 Å². The molecule has 1 aliphatic heterocycles. The van der Waals surface area contributed by atoms with Crippen LogP contribution in [0.2, 0.25) is 0 Å². The minimum atomic E-state index is -0.382. The van der Waals surface area contributed by atoms with Crippen LogP contribution in [0.15, 0.2) is 42.5 Å². The zero-order valence-electron chi connectivity index (χ0n) is 15.2. The molecule has 0 aliphatic carbocycles. The first-order chi connectivity index (χ1) is 12.2. The van der Waals surface area contributed by atoms with E-state index in [1.165, 1.54) is 29.5 Å². The molecular formula is C20H25ClN2O3. The van der Waals surface area contributed by atoms with Crippen molar-refractivity contribution in [3.8, 4) is 5.75 Å². The molecular weight excluding hydrogens is 352 g/mol. The van der Waals surface area contributed by atoms with Gasteiger partial charge in [-0.25, -0.2) is 4.79 Å². The van der Waals surface area contributed by atoms with Crippen molar-refractivity contribution in [2.45, 2.75) is 19.5 Å². The normalized spacial score (nSPS) is 12.1. The zero-order valence-corrected chi connectivity index (χ0v) is 16.0. The van der Waals surface area contributed by atoms with Gasteiger partial charge in [0.2, 0.25) is 0 Å². The van der Waals surface area contributed by atoms with Crippen molar-refractivity contribution in [1.82, 2.24) is 4.90 Å². The smallest absolute Gasteiger partial charge is 0.343 e. The Labute approximate surface area is 160 Å². The number of nitrogens with one attached hydrogen (secondary N) is 1. The molecule has 2 aromatic rings. The summed E-state index contributed by atoms with van der Waals surface area (Å²) in [7, 11) is 3.47. The highest BCUT2D eigenvalue weighted by atomic mass is 35.5. The van der Waals surface area contributed by atoms with Crippen molar-refractivity contribution in [1.29, 1.82) is 0 Å². The van der Waals surface area contributed by atoms with Crippen LogP contribution in [0.25, 0.3) is 0 Å².